The first-order valence-corrected chi connectivity index (χ1v) is 10.0. The van der Waals surface area contributed by atoms with Gasteiger partial charge in [-0.25, -0.2) is 13.8 Å². The lowest BCUT2D eigenvalue weighted by atomic mass is 9.77. The number of nitrogens with two attached hydrogens (primary N) is 1. The van der Waals surface area contributed by atoms with Crippen molar-refractivity contribution in [1.29, 1.82) is 0 Å². The lowest BCUT2D eigenvalue weighted by Gasteiger charge is -2.29. The summed E-state index contributed by atoms with van der Waals surface area (Å²) in [6.45, 7) is 0. The van der Waals surface area contributed by atoms with E-state index in [0.29, 0.717) is 28.1 Å². The summed E-state index contributed by atoms with van der Waals surface area (Å²) in [5.74, 6) is -0.504. The fraction of sp³-hybridized carbons (Fsp3) is 0.0769. The summed E-state index contributed by atoms with van der Waals surface area (Å²) >= 11 is 0. The molecule has 1 atom stereocenters. The summed E-state index contributed by atoms with van der Waals surface area (Å²) < 4.78 is 35.3. The van der Waals surface area contributed by atoms with E-state index in [1.807, 2.05) is 36.4 Å². The van der Waals surface area contributed by atoms with E-state index in [1.54, 1.807) is 36.4 Å². The van der Waals surface area contributed by atoms with Crippen LogP contribution in [-0.4, -0.2) is 17.9 Å². The third-order valence-corrected chi connectivity index (χ3v) is 5.82. The largest absolute Gasteiger partial charge is 0.494 e. The van der Waals surface area contributed by atoms with Crippen LogP contribution in [0.2, 0.25) is 0 Å². The Hall–Kier alpha value is -4.06. The van der Waals surface area contributed by atoms with Crippen LogP contribution in [0, 0.1) is 11.6 Å². The Bertz CT molecular complexity index is 1370. The van der Waals surface area contributed by atoms with Gasteiger partial charge in [0, 0.05) is 22.9 Å². The maximum atomic E-state index is 15.1. The molecule has 0 saturated heterocycles. The quantitative estimate of drug-likeness (QED) is 0.496. The second-order valence-electron chi connectivity index (χ2n) is 7.51. The number of aromatic nitrogens is 1. The Morgan fingerprint density at radius 1 is 0.875 bits per heavy atom. The molecule has 4 aromatic rings. The average molecular weight is 427 g/mol. The number of pyridine rings is 1. The molecule has 1 aromatic heterocycles. The van der Waals surface area contributed by atoms with E-state index in [1.165, 1.54) is 13.3 Å². The van der Waals surface area contributed by atoms with Crippen LogP contribution in [0.25, 0.3) is 11.1 Å². The number of fused-ring (bicyclic) bond motifs is 1. The number of amidine groups is 1. The molecule has 32 heavy (non-hydrogen) atoms. The van der Waals surface area contributed by atoms with Crippen molar-refractivity contribution in [2.24, 2.45) is 10.7 Å². The van der Waals surface area contributed by atoms with Crippen molar-refractivity contribution in [1.82, 2.24) is 4.98 Å². The molecular weight excluding hydrogens is 408 g/mol. The van der Waals surface area contributed by atoms with Gasteiger partial charge in [0.25, 0.3) is 0 Å². The Morgan fingerprint density at radius 3 is 2.47 bits per heavy atom. The molecule has 0 fully saturated rings. The highest BCUT2D eigenvalue weighted by molar-refractivity contribution is 6.03. The number of aliphatic imine (C=N–C) groups is 1. The van der Waals surface area contributed by atoms with Gasteiger partial charge in [0.15, 0.2) is 11.6 Å². The number of rotatable bonds is 4. The minimum Gasteiger partial charge on any atom is -0.494 e. The molecular formula is C26H19F2N3O. The third kappa shape index (κ3) is 2.87. The zero-order chi connectivity index (χ0) is 22.3. The van der Waals surface area contributed by atoms with Gasteiger partial charge in [-0.3, -0.25) is 4.98 Å². The molecule has 2 heterocycles. The second kappa shape index (κ2) is 7.57. The lowest BCUT2D eigenvalue weighted by Crippen LogP contribution is -2.27. The first-order chi connectivity index (χ1) is 15.6. The fourth-order valence-electron chi connectivity index (χ4n) is 4.38. The number of ether oxygens (including phenoxy) is 1. The van der Waals surface area contributed by atoms with Gasteiger partial charge in [-0.2, -0.15) is 0 Å². The molecule has 5 rings (SSSR count). The summed E-state index contributed by atoms with van der Waals surface area (Å²) in [6.07, 6.45) is 2.69. The van der Waals surface area contributed by atoms with Gasteiger partial charge >= 0.3 is 0 Å². The predicted molar refractivity (Wildman–Crippen MR) is 120 cm³/mol. The van der Waals surface area contributed by atoms with Crippen molar-refractivity contribution in [3.63, 3.8) is 0 Å². The molecule has 1 aliphatic rings. The summed E-state index contributed by atoms with van der Waals surface area (Å²) in [5.41, 5.74) is 8.54. The van der Waals surface area contributed by atoms with E-state index in [0.717, 1.165) is 17.3 Å². The molecule has 0 amide bonds. The third-order valence-electron chi connectivity index (χ3n) is 5.82. The highest BCUT2D eigenvalue weighted by Crippen LogP contribution is 2.47. The molecule has 2 N–H and O–H groups in total. The van der Waals surface area contributed by atoms with E-state index in [4.69, 9.17) is 15.5 Å². The van der Waals surface area contributed by atoms with E-state index < -0.39 is 17.2 Å². The fourth-order valence-corrected chi connectivity index (χ4v) is 4.38. The van der Waals surface area contributed by atoms with Crippen LogP contribution in [0.1, 0.15) is 22.3 Å². The van der Waals surface area contributed by atoms with Crippen molar-refractivity contribution in [2.45, 2.75) is 5.54 Å². The maximum Gasteiger partial charge on any atom is 0.172 e. The molecule has 0 aliphatic carbocycles. The summed E-state index contributed by atoms with van der Waals surface area (Å²) in [4.78, 5) is 8.68. The van der Waals surface area contributed by atoms with Gasteiger partial charge in [0.2, 0.25) is 0 Å². The maximum absolute atomic E-state index is 15.1. The van der Waals surface area contributed by atoms with Crippen molar-refractivity contribution in [2.75, 3.05) is 7.11 Å². The number of hydrogen-bond donors (Lipinski definition) is 1. The summed E-state index contributed by atoms with van der Waals surface area (Å²) in [5, 5.41) is 0. The van der Waals surface area contributed by atoms with Crippen molar-refractivity contribution < 1.29 is 13.5 Å². The summed E-state index contributed by atoms with van der Waals surface area (Å²) in [6, 6.07) is 21.3. The van der Waals surface area contributed by atoms with Gasteiger partial charge in [-0.05, 0) is 34.9 Å². The highest BCUT2D eigenvalue weighted by Gasteiger charge is 2.44. The van der Waals surface area contributed by atoms with Crippen molar-refractivity contribution in [3.05, 3.63) is 119 Å². The lowest BCUT2D eigenvalue weighted by molar-refractivity contribution is 0.387. The smallest absolute Gasteiger partial charge is 0.172 e. The standard InChI is InChI=1S/C26H19F2N3O/c1-32-23-11-5-9-18(24(23)28)16-6-4-7-17(14-16)26(21-12-13-30-15-22(21)27)20-10-3-2-8-19(20)25(29)31-26/h2-15H,1H3,(H2,29,31). The summed E-state index contributed by atoms with van der Waals surface area (Å²) in [7, 11) is 1.42. The van der Waals surface area contributed by atoms with Crippen LogP contribution >= 0.6 is 0 Å². The SMILES string of the molecule is COc1cccc(-c2cccc(C3(c4ccncc4F)N=C(N)c4ccccc43)c2)c1F. The van der Waals surface area contributed by atoms with Crippen LogP contribution in [0.3, 0.4) is 0 Å². The number of halogens is 2. The van der Waals surface area contributed by atoms with Crippen molar-refractivity contribution >= 4 is 5.84 Å². The number of nitrogens with zero attached hydrogens (tertiary/aromatic N) is 2. The Balaban J connectivity index is 1.80. The monoisotopic (exact) mass is 427 g/mol. The number of benzene rings is 3. The van der Waals surface area contributed by atoms with Crippen LogP contribution in [0.5, 0.6) is 5.75 Å². The zero-order valence-electron chi connectivity index (χ0n) is 17.2. The van der Waals surface area contributed by atoms with E-state index in [9.17, 15) is 0 Å². The van der Waals surface area contributed by atoms with E-state index in [2.05, 4.69) is 4.98 Å². The molecule has 0 spiro atoms. The number of hydrogen-bond acceptors (Lipinski definition) is 4. The van der Waals surface area contributed by atoms with Crippen LogP contribution < -0.4 is 10.5 Å². The molecule has 1 unspecified atom stereocenters. The Kier molecular flexibility index (Phi) is 4.70. The molecule has 4 nitrogen and oxygen atoms in total. The molecule has 6 heteroatoms. The Morgan fingerprint density at radius 2 is 1.66 bits per heavy atom. The number of methoxy groups -OCH3 is 1. The first-order valence-electron chi connectivity index (χ1n) is 10.0. The molecule has 0 bridgehead atoms. The molecule has 3 aromatic carbocycles. The molecule has 0 saturated carbocycles. The van der Waals surface area contributed by atoms with E-state index >= 15 is 8.78 Å². The highest BCUT2D eigenvalue weighted by atomic mass is 19.1. The predicted octanol–water partition coefficient (Wildman–Crippen LogP) is 5.05. The molecule has 1 aliphatic heterocycles. The second-order valence-corrected chi connectivity index (χ2v) is 7.51. The minimum absolute atomic E-state index is 0.149. The average Bonchev–Trinajstić information content (AvgIpc) is 3.13. The molecule has 158 valence electrons. The Labute approximate surface area is 184 Å². The van der Waals surface area contributed by atoms with Gasteiger partial charge in [-0.1, -0.05) is 54.6 Å². The van der Waals surface area contributed by atoms with Crippen LogP contribution in [0.4, 0.5) is 8.78 Å². The first kappa shape index (κ1) is 19.9. The topological polar surface area (TPSA) is 60.5 Å². The zero-order valence-corrected chi connectivity index (χ0v) is 17.2. The van der Waals surface area contributed by atoms with Crippen LogP contribution in [0.15, 0.2) is 90.2 Å². The van der Waals surface area contributed by atoms with Gasteiger partial charge < -0.3 is 10.5 Å². The van der Waals surface area contributed by atoms with Gasteiger partial charge in [0.1, 0.15) is 17.2 Å². The van der Waals surface area contributed by atoms with Crippen LogP contribution in [-0.2, 0) is 5.54 Å². The minimum atomic E-state index is -1.22. The van der Waals surface area contributed by atoms with Gasteiger partial charge in [0.05, 0.1) is 13.3 Å². The normalized spacial score (nSPS) is 17.0. The van der Waals surface area contributed by atoms with Crippen molar-refractivity contribution in [3.8, 4) is 16.9 Å². The van der Waals surface area contributed by atoms with Gasteiger partial charge in [-0.15, -0.1) is 0 Å². The van der Waals surface area contributed by atoms with E-state index in [-0.39, 0.29) is 5.75 Å². The molecule has 0 radical (unpaired) electrons.